The van der Waals surface area contributed by atoms with E-state index in [4.69, 9.17) is 37.6 Å². The summed E-state index contributed by atoms with van der Waals surface area (Å²) in [5.74, 6) is -5.76. The van der Waals surface area contributed by atoms with Crippen molar-refractivity contribution in [2.45, 2.75) is 88.3 Å². The summed E-state index contributed by atoms with van der Waals surface area (Å²) < 4.78 is 63.0. The van der Waals surface area contributed by atoms with Crippen LogP contribution in [0.25, 0.3) is 0 Å². The summed E-state index contributed by atoms with van der Waals surface area (Å²) in [4.78, 5) is 8.13. The van der Waals surface area contributed by atoms with E-state index < -0.39 is 30.2 Å². The molecule has 1 N–H and O–H groups in total. The maximum absolute atomic E-state index is 13.0. The van der Waals surface area contributed by atoms with E-state index in [1.807, 2.05) is 27.7 Å². The van der Waals surface area contributed by atoms with Gasteiger partial charge in [0.05, 0.1) is 38.8 Å². The minimum Gasteiger partial charge on any atom is -0.506 e. The van der Waals surface area contributed by atoms with Crippen molar-refractivity contribution in [1.29, 1.82) is 0 Å². The van der Waals surface area contributed by atoms with Crippen LogP contribution in [0, 0.1) is 0 Å². The van der Waals surface area contributed by atoms with E-state index in [1.165, 1.54) is 12.3 Å². The number of halogens is 6. The SMILES string of the molecule is CC1(C)OB(c2cnc(C3CC(F)(F)C3)c(Cl)c2)OC1(C)C.Oc1cnc(C2CC(F)(F)C2)c(Cl)c1. The third kappa shape index (κ3) is 5.61. The van der Waals surface area contributed by atoms with Crippen molar-refractivity contribution in [3.8, 4) is 5.75 Å². The molecule has 0 atom stereocenters. The lowest BCUT2D eigenvalue weighted by Crippen LogP contribution is -2.41. The third-order valence-corrected chi connectivity index (χ3v) is 7.83. The fourth-order valence-electron chi connectivity index (χ4n) is 4.32. The maximum Gasteiger partial charge on any atom is 0.496 e. The Labute approximate surface area is 217 Å². The van der Waals surface area contributed by atoms with E-state index in [9.17, 15) is 17.6 Å². The molecule has 5 rings (SSSR count). The fraction of sp³-hybridized carbons (Fsp3) is 0.583. The highest BCUT2D eigenvalue weighted by Crippen LogP contribution is 2.50. The van der Waals surface area contributed by atoms with Crippen LogP contribution < -0.4 is 5.46 Å². The predicted octanol–water partition coefficient (Wildman–Crippen LogP) is 6.50. The summed E-state index contributed by atoms with van der Waals surface area (Å²) in [5.41, 5.74) is 0.805. The lowest BCUT2D eigenvalue weighted by atomic mass is 9.77. The first-order valence-corrected chi connectivity index (χ1v) is 12.4. The molecule has 2 aliphatic carbocycles. The minimum absolute atomic E-state index is 0.0511. The summed E-state index contributed by atoms with van der Waals surface area (Å²) in [6.45, 7) is 7.86. The van der Waals surface area contributed by atoms with Crippen molar-refractivity contribution in [3.63, 3.8) is 0 Å². The van der Waals surface area contributed by atoms with Gasteiger partial charge in [-0.2, -0.15) is 0 Å². The van der Waals surface area contributed by atoms with Gasteiger partial charge in [0.2, 0.25) is 11.8 Å². The fourth-order valence-corrected chi connectivity index (χ4v) is 4.96. The van der Waals surface area contributed by atoms with E-state index >= 15 is 0 Å². The van der Waals surface area contributed by atoms with Crippen LogP contribution in [0.4, 0.5) is 17.6 Å². The van der Waals surface area contributed by atoms with Gasteiger partial charge in [-0.3, -0.25) is 9.97 Å². The summed E-state index contributed by atoms with van der Waals surface area (Å²) in [6, 6.07) is 3.03. The number of aromatic hydroxyl groups is 1. The molecular weight excluding hydrogens is 522 g/mol. The van der Waals surface area contributed by atoms with E-state index in [0.29, 0.717) is 21.9 Å². The highest BCUT2D eigenvalue weighted by molar-refractivity contribution is 6.62. The lowest BCUT2D eigenvalue weighted by molar-refractivity contribution is -0.0881. The molecule has 2 saturated carbocycles. The van der Waals surface area contributed by atoms with Crippen molar-refractivity contribution in [3.05, 3.63) is 46.0 Å². The molecule has 1 saturated heterocycles. The molecule has 5 nitrogen and oxygen atoms in total. The molecule has 12 heteroatoms. The van der Waals surface area contributed by atoms with Crippen LogP contribution in [0.3, 0.4) is 0 Å². The van der Waals surface area contributed by atoms with Crippen molar-refractivity contribution in [2.75, 3.05) is 0 Å². The number of pyridine rings is 2. The molecular formula is C24H27BCl2F4N2O3. The molecule has 1 aliphatic heterocycles. The molecule has 0 aromatic carbocycles. The molecule has 0 bridgehead atoms. The second kappa shape index (κ2) is 9.29. The summed E-state index contributed by atoms with van der Waals surface area (Å²) in [6.07, 6.45) is 2.05. The van der Waals surface area contributed by atoms with Crippen molar-refractivity contribution in [1.82, 2.24) is 9.97 Å². The Hall–Kier alpha value is -1.62. The first-order valence-electron chi connectivity index (χ1n) is 11.6. The zero-order chi connectivity index (χ0) is 26.7. The van der Waals surface area contributed by atoms with Crippen molar-refractivity contribution < 1.29 is 32.0 Å². The van der Waals surface area contributed by atoms with Crippen LogP contribution >= 0.6 is 23.2 Å². The molecule has 3 fully saturated rings. The normalized spacial score (nSPS) is 23.9. The van der Waals surface area contributed by atoms with E-state index in [0.717, 1.165) is 0 Å². The van der Waals surface area contributed by atoms with Gasteiger partial charge in [-0.15, -0.1) is 0 Å². The first-order chi connectivity index (χ1) is 16.5. The molecule has 2 aromatic rings. The van der Waals surface area contributed by atoms with E-state index in [-0.39, 0.29) is 48.3 Å². The topological polar surface area (TPSA) is 64.5 Å². The zero-order valence-electron chi connectivity index (χ0n) is 20.3. The van der Waals surface area contributed by atoms with Gasteiger partial charge in [-0.25, -0.2) is 17.6 Å². The third-order valence-electron chi connectivity index (χ3n) is 7.22. The Morgan fingerprint density at radius 1 is 0.806 bits per heavy atom. The first kappa shape index (κ1) is 27.4. The number of nitrogens with zero attached hydrogens (tertiary/aromatic N) is 2. The maximum atomic E-state index is 13.0. The Balaban J connectivity index is 0.000000187. The molecule has 36 heavy (non-hydrogen) atoms. The number of hydrogen-bond acceptors (Lipinski definition) is 5. The molecule has 3 aliphatic rings. The Morgan fingerprint density at radius 3 is 1.61 bits per heavy atom. The quantitative estimate of drug-likeness (QED) is 0.350. The molecule has 0 radical (unpaired) electrons. The second-order valence-electron chi connectivity index (χ2n) is 10.7. The van der Waals surface area contributed by atoms with Gasteiger partial charge in [-0.1, -0.05) is 23.2 Å². The zero-order valence-corrected chi connectivity index (χ0v) is 21.8. The molecule has 0 spiro atoms. The van der Waals surface area contributed by atoms with Crippen LogP contribution in [0.5, 0.6) is 5.75 Å². The Morgan fingerprint density at radius 2 is 1.22 bits per heavy atom. The van der Waals surface area contributed by atoms with Gasteiger partial charge in [0.15, 0.2) is 0 Å². The van der Waals surface area contributed by atoms with Crippen LogP contribution in [0.1, 0.15) is 76.6 Å². The average molecular weight is 549 g/mol. The van der Waals surface area contributed by atoms with Crippen LogP contribution in [0.15, 0.2) is 24.5 Å². The van der Waals surface area contributed by atoms with Crippen LogP contribution in [-0.2, 0) is 9.31 Å². The van der Waals surface area contributed by atoms with Gasteiger partial charge in [0.1, 0.15) is 5.75 Å². The van der Waals surface area contributed by atoms with Gasteiger partial charge < -0.3 is 14.4 Å². The second-order valence-corrected chi connectivity index (χ2v) is 11.5. The standard InChI is InChI=1S/C15H19BClF2NO2.C9H8ClF2NO/c1-13(2)14(3,4)22-16(21-13)10-5-11(17)12(20-8-10)9-6-15(18,19)7-9;10-7-1-6(14)4-13-8(7)5-2-9(11,12)3-5/h5,8-9H,6-7H2,1-4H3;1,4-5,14H,2-3H2. The Kier molecular flexibility index (Phi) is 7.08. The van der Waals surface area contributed by atoms with Gasteiger partial charge in [0, 0.05) is 55.2 Å². The average Bonchev–Trinajstić information content (AvgIpc) is 2.92. The van der Waals surface area contributed by atoms with Crippen LogP contribution in [-0.4, -0.2) is 45.2 Å². The largest absolute Gasteiger partial charge is 0.506 e. The smallest absolute Gasteiger partial charge is 0.496 e. The van der Waals surface area contributed by atoms with Gasteiger partial charge >= 0.3 is 7.12 Å². The molecule has 3 heterocycles. The van der Waals surface area contributed by atoms with Gasteiger partial charge in [0.25, 0.3) is 0 Å². The monoisotopic (exact) mass is 548 g/mol. The number of hydrogen-bond donors (Lipinski definition) is 1. The highest BCUT2D eigenvalue weighted by Gasteiger charge is 2.52. The van der Waals surface area contributed by atoms with E-state index in [2.05, 4.69) is 9.97 Å². The summed E-state index contributed by atoms with van der Waals surface area (Å²) >= 11 is 12.0. The highest BCUT2D eigenvalue weighted by atomic mass is 35.5. The van der Waals surface area contributed by atoms with Gasteiger partial charge in [-0.05, 0) is 33.8 Å². The van der Waals surface area contributed by atoms with Crippen molar-refractivity contribution >= 4 is 35.8 Å². The number of alkyl halides is 4. The summed E-state index contributed by atoms with van der Waals surface area (Å²) in [5, 5.41) is 9.67. The lowest BCUT2D eigenvalue weighted by Gasteiger charge is -2.34. The minimum atomic E-state index is -2.58. The number of rotatable bonds is 3. The van der Waals surface area contributed by atoms with E-state index in [1.54, 1.807) is 12.3 Å². The predicted molar refractivity (Wildman–Crippen MR) is 130 cm³/mol. The molecule has 2 aromatic heterocycles. The van der Waals surface area contributed by atoms with Crippen LogP contribution in [0.2, 0.25) is 10.0 Å². The molecule has 0 amide bonds. The molecule has 196 valence electrons. The molecule has 0 unspecified atom stereocenters. The van der Waals surface area contributed by atoms with Crippen molar-refractivity contribution in [2.24, 2.45) is 0 Å². The Bertz CT molecular complexity index is 1120. The summed E-state index contributed by atoms with van der Waals surface area (Å²) in [7, 11) is -0.549. The number of aromatic nitrogens is 2.